The van der Waals surface area contributed by atoms with Gasteiger partial charge in [0.2, 0.25) is 6.79 Å². The number of pyridine rings is 1. The maximum Gasteiger partial charge on any atom is 0.231 e. The quantitative estimate of drug-likeness (QED) is 0.682. The third kappa shape index (κ3) is 2.10. The summed E-state index contributed by atoms with van der Waals surface area (Å²) < 4.78 is 10.9. The van der Waals surface area contributed by atoms with Crippen LogP contribution < -0.4 is 9.47 Å². The molecule has 0 saturated heterocycles. The fourth-order valence-corrected chi connectivity index (χ4v) is 2.83. The summed E-state index contributed by atoms with van der Waals surface area (Å²) in [6, 6.07) is 14.6. The van der Waals surface area contributed by atoms with Gasteiger partial charge in [-0.2, -0.15) is 0 Å². The average Bonchev–Trinajstić information content (AvgIpc) is 3.01. The van der Waals surface area contributed by atoms with Crippen LogP contribution in [0.3, 0.4) is 0 Å². The van der Waals surface area contributed by atoms with Crippen molar-refractivity contribution in [3.05, 3.63) is 54.2 Å². The summed E-state index contributed by atoms with van der Waals surface area (Å²) in [5.74, 6) is 2.08. The summed E-state index contributed by atoms with van der Waals surface area (Å²) in [6.45, 7) is 4.71. The SMILES string of the molecule is CC(C)c1cc(-c2ccc3c(c2)OCO3)c2ncccc2c1. The van der Waals surface area contributed by atoms with E-state index in [0.717, 1.165) is 28.1 Å². The molecule has 22 heavy (non-hydrogen) atoms. The van der Waals surface area contributed by atoms with Gasteiger partial charge in [-0.3, -0.25) is 4.98 Å². The predicted octanol–water partition coefficient (Wildman–Crippen LogP) is 4.75. The van der Waals surface area contributed by atoms with Crippen LogP contribution in [-0.2, 0) is 0 Å². The Kier molecular flexibility index (Phi) is 3.00. The minimum absolute atomic E-state index is 0.295. The molecule has 0 saturated carbocycles. The number of aromatic nitrogens is 1. The molecule has 2 heterocycles. The normalized spacial score (nSPS) is 13.0. The Hall–Kier alpha value is -2.55. The Morgan fingerprint density at radius 3 is 2.73 bits per heavy atom. The Labute approximate surface area is 129 Å². The van der Waals surface area contributed by atoms with Crippen molar-refractivity contribution in [3.63, 3.8) is 0 Å². The molecule has 0 bridgehead atoms. The molecule has 3 heteroatoms. The third-order valence-electron chi connectivity index (χ3n) is 4.08. The van der Waals surface area contributed by atoms with Gasteiger partial charge in [0.05, 0.1) is 5.52 Å². The highest BCUT2D eigenvalue weighted by Gasteiger charge is 2.16. The van der Waals surface area contributed by atoms with Crippen LogP contribution in [0, 0.1) is 0 Å². The van der Waals surface area contributed by atoms with Gasteiger partial charge in [-0.15, -0.1) is 0 Å². The summed E-state index contributed by atoms with van der Waals surface area (Å²) in [5, 5.41) is 1.17. The molecule has 0 N–H and O–H groups in total. The molecule has 110 valence electrons. The zero-order valence-corrected chi connectivity index (χ0v) is 12.7. The van der Waals surface area contributed by atoms with Gasteiger partial charge >= 0.3 is 0 Å². The number of nitrogens with zero attached hydrogens (tertiary/aromatic N) is 1. The van der Waals surface area contributed by atoms with Crippen LogP contribution >= 0.6 is 0 Å². The van der Waals surface area contributed by atoms with Crippen LogP contribution in [-0.4, -0.2) is 11.8 Å². The van der Waals surface area contributed by atoms with Gasteiger partial charge in [-0.05, 0) is 47.4 Å². The smallest absolute Gasteiger partial charge is 0.231 e. The second kappa shape index (κ2) is 5.02. The first-order valence-corrected chi connectivity index (χ1v) is 7.51. The van der Waals surface area contributed by atoms with Crippen LogP contribution in [0.1, 0.15) is 25.3 Å². The molecule has 0 fully saturated rings. The van der Waals surface area contributed by atoms with E-state index in [1.165, 1.54) is 10.9 Å². The van der Waals surface area contributed by atoms with Crippen LogP contribution in [0.15, 0.2) is 48.7 Å². The van der Waals surface area contributed by atoms with Crippen molar-refractivity contribution in [2.24, 2.45) is 0 Å². The standard InChI is InChI=1S/C19H17NO2/c1-12(2)15-8-14-4-3-7-20-19(14)16(9-15)13-5-6-17-18(10-13)22-11-21-17/h3-10,12H,11H2,1-2H3. The van der Waals surface area contributed by atoms with Crippen LogP contribution in [0.4, 0.5) is 0 Å². The first kappa shape index (κ1) is 13.1. The summed E-state index contributed by atoms with van der Waals surface area (Å²) in [5.41, 5.74) is 4.58. The zero-order valence-electron chi connectivity index (χ0n) is 12.7. The lowest BCUT2D eigenvalue weighted by molar-refractivity contribution is 0.174. The van der Waals surface area contributed by atoms with Crippen molar-refractivity contribution in [1.82, 2.24) is 4.98 Å². The van der Waals surface area contributed by atoms with E-state index in [2.05, 4.69) is 43.1 Å². The van der Waals surface area contributed by atoms with E-state index in [4.69, 9.17) is 9.47 Å². The van der Waals surface area contributed by atoms with E-state index in [9.17, 15) is 0 Å². The maximum atomic E-state index is 5.51. The highest BCUT2D eigenvalue weighted by Crippen LogP contribution is 2.38. The molecule has 0 amide bonds. The summed E-state index contributed by atoms with van der Waals surface area (Å²) in [6.07, 6.45) is 1.84. The molecule has 4 rings (SSSR count). The van der Waals surface area contributed by atoms with Gasteiger partial charge in [0.25, 0.3) is 0 Å². The van der Waals surface area contributed by atoms with E-state index in [1.807, 2.05) is 24.4 Å². The van der Waals surface area contributed by atoms with Gasteiger partial charge in [-0.1, -0.05) is 26.0 Å². The molecule has 0 spiro atoms. The van der Waals surface area contributed by atoms with E-state index in [1.54, 1.807) is 0 Å². The van der Waals surface area contributed by atoms with Gasteiger partial charge in [0.15, 0.2) is 11.5 Å². The number of hydrogen-bond donors (Lipinski definition) is 0. The Balaban J connectivity index is 1.97. The van der Waals surface area contributed by atoms with Gasteiger partial charge in [-0.25, -0.2) is 0 Å². The lowest BCUT2D eigenvalue weighted by Crippen LogP contribution is -1.93. The molecule has 1 aliphatic heterocycles. The van der Waals surface area contributed by atoms with Crippen LogP contribution in [0.25, 0.3) is 22.0 Å². The van der Waals surface area contributed by atoms with Gasteiger partial charge in [0, 0.05) is 17.1 Å². The number of benzene rings is 2. The molecule has 1 aromatic heterocycles. The summed E-state index contributed by atoms with van der Waals surface area (Å²) >= 11 is 0. The first-order valence-electron chi connectivity index (χ1n) is 7.51. The van der Waals surface area contributed by atoms with Crippen molar-refractivity contribution in [2.45, 2.75) is 19.8 Å². The average molecular weight is 291 g/mol. The second-order valence-electron chi connectivity index (χ2n) is 5.87. The molecule has 0 unspecified atom stereocenters. The third-order valence-corrected chi connectivity index (χ3v) is 4.08. The molecule has 2 aromatic carbocycles. The topological polar surface area (TPSA) is 31.4 Å². The lowest BCUT2D eigenvalue weighted by Gasteiger charge is -2.12. The molecule has 0 radical (unpaired) electrons. The van der Waals surface area contributed by atoms with Crippen molar-refractivity contribution in [3.8, 4) is 22.6 Å². The Morgan fingerprint density at radius 1 is 1.00 bits per heavy atom. The Bertz CT molecular complexity index is 855. The maximum absolute atomic E-state index is 5.51. The predicted molar refractivity (Wildman–Crippen MR) is 87.4 cm³/mol. The Morgan fingerprint density at radius 2 is 1.86 bits per heavy atom. The number of rotatable bonds is 2. The fourth-order valence-electron chi connectivity index (χ4n) is 2.83. The van der Waals surface area contributed by atoms with Crippen LogP contribution in [0.5, 0.6) is 11.5 Å². The minimum Gasteiger partial charge on any atom is -0.454 e. The molecule has 3 aromatic rings. The molecule has 0 aliphatic carbocycles. The van der Waals surface area contributed by atoms with Crippen molar-refractivity contribution in [1.29, 1.82) is 0 Å². The number of fused-ring (bicyclic) bond motifs is 2. The first-order chi connectivity index (χ1) is 10.7. The van der Waals surface area contributed by atoms with Gasteiger partial charge in [0.1, 0.15) is 0 Å². The lowest BCUT2D eigenvalue weighted by atomic mass is 9.94. The van der Waals surface area contributed by atoms with Crippen molar-refractivity contribution < 1.29 is 9.47 Å². The van der Waals surface area contributed by atoms with Crippen molar-refractivity contribution >= 4 is 10.9 Å². The van der Waals surface area contributed by atoms with E-state index in [-0.39, 0.29) is 0 Å². The minimum atomic E-state index is 0.295. The number of ether oxygens (including phenoxy) is 2. The monoisotopic (exact) mass is 291 g/mol. The highest BCUT2D eigenvalue weighted by atomic mass is 16.7. The fraction of sp³-hybridized carbons (Fsp3) is 0.211. The molecular weight excluding hydrogens is 274 g/mol. The largest absolute Gasteiger partial charge is 0.454 e. The van der Waals surface area contributed by atoms with E-state index in [0.29, 0.717) is 12.7 Å². The highest BCUT2D eigenvalue weighted by molar-refractivity contribution is 5.94. The van der Waals surface area contributed by atoms with E-state index >= 15 is 0 Å². The number of hydrogen-bond acceptors (Lipinski definition) is 3. The summed E-state index contributed by atoms with van der Waals surface area (Å²) in [4.78, 5) is 4.58. The molecule has 0 atom stereocenters. The molecule has 1 aliphatic rings. The molecular formula is C19H17NO2. The second-order valence-corrected chi connectivity index (χ2v) is 5.87. The summed E-state index contributed by atoms with van der Waals surface area (Å²) in [7, 11) is 0. The van der Waals surface area contributed by atoms with Gasteiger partial charge < -0.3 is 9.47 Å². The zero-order chi connectivity index (χ0) is 15.1. The van der Waals surface area contributed by atoms with E-state index < -0.39 is 0 Å². The van der Waals surface area contributed by atoms with Crippen molar-refractivity contribution in [2.75, 3.05) is 6.79 Å². The van der Waals surface area contributed by atoms with Crippen LogP contribution in [0.2, 0.25) is 0 Å². The molecule has 3 nitrogen and oxygen atoms in total.